The van der Waals surface area contributed by atoms with E-state index < -0.39 is 0 Å². The van der Waals surface area contributed by atoms with Gasteiger partial charge in [-0.1, -0.05) is 6.92 Å². The minimum atomic E-state index is 0.784. The summed E-state index contributed by atoms with van der Waals surface area (Å²) in [5.74, 6) is 1.58. The first kappa shape index (κ1) is 11.5. The van der Waals surface area contributed by atoms with Gasteiger partial charge in [-0.3, -0.25) is 5.10 Å². The molecule has 0 aliphatic heterocycles. The number of aryl methyl sites for hydroxylation is 1. The van der Waals surface area contributed by atoms with E-state index in [2.05, 4.69) is 17.1 Å². The van der Waals surface area contributed by atoms with E-state index in [1.54, 1.807) is 14.2 Å². The van der Waals surface area contributed by atoms with Crippen molar-refractivity contribution < 1.29 is 9.47 Å². The minimum Gasteiger partial charge on any atom is -0.497 e. The van der Waals surface area contributed by atoms with Gasteiger partial charge in [0.05, 0.1) is 20.4 Å². The van der Waals surface area contributed by atoms with Gasteiger partial charge in [-0.25, -0.2) is 0 Å². The molecule has 0 unspecified atom stereocenters. The summed E-state index contributed by atoms with van der Waals surface area (Å²) < 4.78 is 10.6. The van der Waals surface area contributed by atoms with Gasteiger partial charge in [0.15, 0.2) is 0 Å². The number of methoxy groups -OCH3 is 2. The van der Waals surface area contributed by atoms with Crippen molar-refractivity contribution in [1.82, 2.24) is 10.2 Å². The maximum Gasteiger partial charge on any atom is 0.130 e. The van der Waals surface area contributed by atoms with Crippen LogP contribution in [0.15, 0.2) is 24.4 Å². The normalized spacial score (nSPS) is 10.3. The van der Waals surface area contributed by atoms with Crippen LogP contribution in [-0.2, 0) is 6.42 Å². The van der Waals surface area contributed by atoms with Crippen molar-refractivity contribution in [2.75, 3.05) is 14.2 Å². The van der Waals surface area contributed by atoms with Gasteiger partial charge in [-0.15, -0.1) is 0 Å². The molecule has 2 rings (SSSR count). The Morgan fingerprint density at radius 2 is 2.00 bits per heavy atom. The highest BCUT2D eigenvalue weighted by molar-refractivity contribution is 5.72. The Kier molecular flexibility index (Phi) is 3.32. The molecule has 0 amide bonds. The van der Waals surface area contributed by atoms with Crippen molar-refractivity contribution in [2.45, 2.75) is 13.3 Å². The number of aromatic nitrogens is 2. The molecule has 0 atom stereocenters. The number of ether oxygens (including phenoxy) is 2. The van der Waals surface area contributed by atoms with Crippen molar-refractivity contribution >= 4 is 0 Å². The SMILES string of the molecule is CCc1[nH]ncc1-c1ccc(OC)cc1OC. The van der Waals surface area contributed by atoms with Gasteiger partial charge in [0, 0.05) is 22.9 Å². The Morgan fingerprint density at radius 1 is 1.18 bits per heavy atom. The summed E-state index contributed by atoms with van der Waals surface area (Å²) in [5, 5.41) is 7.07. The largest absolute Gasteiger partial charge is 0.497 e. The molecule has 0 radical (unpaired) electrons. The molecule has 0 spiro atoms. The van der Waals surface area contributed by atoms with Crippen molar-refractivity contribution in [2.24, 2.45) is 0 Å². The smallest absolute Gasteiger partial charge is 0.130 e. The highest BCUT2D eigenvalue weighted by Gasteiger charge is 2.12. The average molecular weight is 232 g/mol. The number of benzene rings is 1. The summed E-state index contributed by atoms with van der Waals surface area (Å²) in [6.07, 6.45) is 2.73. The Balaban J connectivity index is 2.51. The topological polar surface area (TPSA) is 47.1 Å². The van der Waals surface area contributed by atoms with Crippen LogP contribution in [0.4, 0.5) is 0 Å². The monoisotopic (exact) mass is 232 g/mol. The Morgan fingerprint density at radius 3 is 2.65 bits per heavy atom. The van der Waals surface area contributed by atoms with Crippen molar-refractivity contribution in [3.8, 4) is 22.6 Å². The van der Waals surface area contributed by atoms with Crippen LogP contribution in [0.5, 0.6) is 11.5 Å². The molecule has 2 aromatic rings. The van der Waals surface area contributed by atoms with Gasteiger partial charge in [-0.05, 0) is 18.6 Å². The van der Waals surface area contributed by atoms with Gasteiger partial charge in [0.2, 0.25) is 0 Å². The molecule has 1 heterocycles. The molecule has 0 saturated carbocycles. The van der Waals surface area contributed by atoms with E-state index in [-0.39, 0.29) is 0 Å². The van der Waals surface area contributed by atoms with Crippen LogP contribution >= 0.6 is 0 Å². The van der Waals surface area contributed by atoms with Crippen LogP contribution in [-0.4, -0.2) is 24.4 Å². The molecular weight excluding hydrogens is 216 g/mol. The molecule has 0 bridgehead atoms. The predicted molar refractivity (Wildman–Crippen MR) is 66.5 cm³/mol. The number of nitrogens with zero attached hydrogens (tertiary/aromatic N) is 1. The first-order valence-electron chi connectivity index (χ1n) is 5.54. The maximum absolute atomic E-state index is 5.39. The highest BCUT2D eigenvalue weighted by Crippen LogP contribution is 2.34. The van der Waals surface area contributed by atoms with Crippen molar-refractivity contribution in [1.29, 1.82) is 0 Å². The molecule has 0 aliphatic carbocycles. The number of hydrogen-bond acceptors (Lipinski definition) is 3. The third-order valence-corrected chi connectivity index (χ3v) is 2.77. The van der Waals surface area contributed by atoms with Crippen LogP contribution < -0.4 is 9.47 Å². The lowest BCUT2D eigenvalue weighted by Gasteiger charge is -2.10. The number of H-pyrrole nitrogens is 1. The molecule has 0 fully saturated rings. The molecule has 17 heavy (non-hydrogen) atoms. The van der Waals surface area contributed by atoms with E-state index in [9.17, 15) is 0 Å². The fourth-order valence-corrected chi connectivity index (χ4v) is 1.84. The van der Waals surface area contributed by atoms with E-state index in [1.807, 2.05) is 24.4 Å². The van der Waals surface area contributed by atoms with Gasteiger partial charge in [-0.2, -0.15) is 5.10 Å². The molecule has 1 N–H and O–H groups in total. The summed E-state index contributed by atoms with van der Waals surface area (Å²) in [5.41, 5.74) is 3.21. The lowest BCUT2D eigenvalue weighted by Crippen LogP contribution is -1.92. The standard InChI is InChI=1S/C13H16N2O2/c1-4-12-11(8-14-15-12)10-6-5-9(16-2)7-13(10)17-3/h5-8H,4H2,1-3H3,(H,14,15). The van der Waals surface area contributed by atoms with E-state index in [0.29, 0.717) is 0 Å². The molecule has 0 saturated heterocycles. The summed E-state index contributed by atoms with van der Waals surface area (Å²) in [6.45, 7) is 2.09. The first-order chi connectivity index (χ1) is 8.30. The van der Waals surface area contributed by atoms with Gasteiger partial charge in [0.1, 0.15) is 11.5 Å². The van der Waals surface area contributed by atoms with Gasteiger partial charge < -0.3 is 9.47 Å². The summed E-state index contributed by atoms with van der Waals surface area (Å²) in [7, 11) is 3.30. The Labute approximate surface area is 101 Å². The van der Waals surface area contributed by atoms with Gasteiger partial charge in [0.25, 0.3) is 0 Å². The number of rotatable bonds is 4. The van der Waals surface area contributed by atoms with E-state index in [4.69, 9.17) is 9.47 Å². The zero-order chi connectivity index (χ0) is 12.3. The lowest BCUT2D eigenvalue weighted by atomic mass is 10.0. The van der Waals surface area contributed by atoms with Crippen LogP contribution in [0.2, 0.25) is 0 Å². The van der Waals surface area contributed by atoms with Crippen LogP contribution in [0.25, 0.3) is 11.1 Å². The first-order valence-corrected chi connectivity index (χ1v) is 5.54. The zero-order valence-electron chi connectivity index (χ0n) is 10.3. The second kappa shape index (κ2) is 4.91. The zero-order valence-corrected chi connectivity index (χ0v) is 10.3. The molecule has 4 nitrogen and oxygen atoms in total. The van der Waals surface area contributed by atoms with E-state index in [0.717, 1.165) is 34.7 Å². The quantitative estimate of drug-likeness (QED) is 0.881. The second-order valence-corrected chi connectivity index (χ2v) is 3.68. The van der Waals surface area contributed by atoms with Crippen LogP contribution in [0.1, 0.15) is 12.6 Å². The van der Waals surface area contributed by atoms with Crippen molar-refractivity contribution in [3.05, 3.63) is 30.1 Å². The molecule has 1 aromatic heterocycles. The second-order valence-electron chi connectivity index (χ2n) is 3.68. The third-order valence-electron chi connectivity index (χ3n) is 2.77. The maximum atomic E-state index is 5.39. The fraction of sp³-hybridized carbons (Fsp3) is 0.308. The Hall–Kier alpha value is -1.97. The molecule has 4 heteroatoms. The highest BCUT2D eigenvalue weighted by atomic mass is 16.5. The molecule has 1 aromatic carbocycles. The third kappa shape index (κ3) is 2.11. The van der Waals surface area contributed by atoms with Crippen LogP contribution in [0.3, 0.4) is 0 Å². The van der Waals surface area contributed by atoms with Crippen molar-refractivity contribution in [3.63, 3.8) is 0 Å². The minimum absolute atomic E-state index is 0.784. The summed E-state index contributed by atoms with van der Waals surface area (Å²) >= 11 is 0. The summed E-state index contributed by atoms with van der Waals surface area (Å²) in [4.78, 5) is 0. The molecule has 90 valence electrons. The van der Waals surface area contributed by atoms with Crippen LogP contribution in [0, 0.1) is 0 Å². The number of nitrogens with one attached hydrogen (secondary N) is 1. The Bertz CT molecular complexity index is 506. The molecular formula is C13H16N2O2. The number of aromatic amines is 1. The number of hydrogen-bond donors (Lipinski definition) is 1. The molecule has 0 aliphatic rings. The van der Waals surface area contributed by atoms with E-state index in [1.165, 1.54) is 0 Å². The average Bonchev–Trinajstić information content (AvgIpc) is 2.85. The fourth-order valence-electron chi connectivity index (χ4n) is 1.84. The lowest BCUT2D eigenvalue weighted by molar-refractivity contribution is 0.395. The van der Waals surface area contributed by atoms with E-state index >= 15 is 0 Å². The predicted octanol–water partition coefficient (Wildman–Crippen LogP) is 2.66. The summed E-state index contributed by atoms with van der Waals surface area (Å²) in [6, 6.07) is 5.79. The van der Waals surface area contributed by atoms with Gasteiger partial charge >= 0.3 is 0 Å².